The molecule has 1 aliphatic carbocycles. The van der Waals surface area contributed by atoms with Crippen LogP contribution in [0.3, 0.4) is 0 Å². The van der Waals surface area contributed by atoms with E-state index >= 15 is 0 Å². The minimum Gasteiger partial charge on any atom is -0.489 e. The second kappa shape index (κ2) is 7.18. The van der Waals surface area contributed by atoms with Crippen molar-refractivity contribution in [2.45, 2.75) is 25.9 Å². The summed E-state index contributed by atoms with van der Waals surface area (Å²) in [5, 5.41) is 5.89. The summed E-state index contributed by atoms with van der Waals surface area (Å²) in [5.74, 6) is 1.55. The van der Waals surface area contributed by atoms with Crippen LogP contribution in [0.5, 0.6) is 5.75 Å². The topological polar surface area (TPSA) is 52.3 Å². The Balaban J connectivity index is 1.35. The molecule has 1 aliphatic rings. The van der Waals surface area contributed by atoms with Crippen molar-refractivity contribution < 1.29 is 4.74 Å². The number of rotatable bonds is 4. The van der Waals surface area contributed by atoms with Crippen LogP contribution in [-0.4, -0.2) is 19.6 Å². The van der Waals surface area contributed by atoms with Gasteiger partial charge in [-0.1, -0.05) is 40.2 Å². The number of aryl methyl sites for hydroxylation is 2. The summed E-state index contributed by atoms with van der Waals surface area (Å²) < 4.78 is 8.75. The molecule has 30 heavy (non-hydrogen) atoms. The Labute approximate surface area is 185 Å². The summed E-state index contributed by atoms with van der Waals surface area (Å²) in [5.41, 5.74) is 4.38. The molecule has 0 N–H and O–H groups in total. The Bertz CT molecular complexity index is 1410. The van der Waals surface area contributed by atoms with Crippen molar-refractivity contribution in [2.24, 2.45) is 0 Å². The van der Waals surface area contributed by atoms with Gasteiger partial charge in [-0.25, -0.2) is 14.5 Å². The van der Waals surface area contributed by atoms with Gasteiger partial charge in [0.25, 0.3) is 0 Å². The van der Waals surface area contributed by atoms with Crippen molar-refractivity contribution in [3.8, 4) is 17.1 Å². The maximum Gasteiger partial charge on any atom is 0.182 e. The quantitative estimate of drug-likeness (QED) is 0.327. The molecule has 0 spiro atoms. The van der Waals surface area contributed by atoms with Crippen molar-refractivity contribution in [1.29, 1.82) is 0 Å². The molecule has 5 nitrogen and oxygen atoms in total. The first kappa shape index (κ1) is 18.0. The highest BCUT2D eigenvalue weighted by Crippen LogP contribution is 2.38. The molecule has 3 aromatic heterocycles. The molecule has 0 atom stereocenters. The Morgan fingerprint density at radius 1 is 1.10 bits per heavy atom. The highest BCUT2D eigenvalue weighted by Gasteiger charge is 2.22. The normalized spacial score (nSPS) is 13.2. The average Bonchev–Trinajstić information content (AvgIpc) is 3.46. The van der Waals surface area contributed by atoms with Crippen molar-refractivity contribution in [1.82, 2.24) is 19.6 Å². The lowest BCUT2D eigenvalue weighted by atomic mass is 10.1. The van der Waals surface area contributed by atoms with Crippen LogP contribution >= 0.6 is 27.3 Å². The second-order valence-electron chi connectivity index (χ2n) is 7.43. The third-order valence-corrected chi connectivity index (χ3v) is 7.12. The van der Waals surface area contributed by atoms with Crippen molar-refractivity contribution in [3.05, 3.63) is 75.3 Å². The zero-order valence-electron chi connectivity index (χ0n) is 16.0. The lowest BCUT2D eigenvalue weighted by molar-refractivity contribution is 0.306. The summed E-state index contributed by atoms with van der Waals surface area (Å²) in [7, 11) is 0. The van der Waals surface area contributed by atoms with E-state index in [9.17, 15) is 0 Å². The van der Waals surface area contributed by atoms with Gasteiger partial charge in [0.2, 0.25) is 0 Å². The fraction of sp³-hybridized carbons (Fsp3) is 0.174. The fourth-order valence-corrected chi connectivity index (χ4v) is 5.64. The zero-order chi connectivity index (χ0) is 20.1. The van der Waals surface area contributed by atoms with Crippen molar-refractivity contribution in [2.75, 3.05) is 0 Å². The predicted molar refractivity (Wildman–Crippen MR) is 122 cm³/mol. The van der Waals surface area contributed by atoms with E-state index in [0.717, 1.165) is 44.7 Å². The predicted octanol–water partition coefficient (Wildman–Crippen LogP) is 5.84. The molecule has 6 rings (SSSR count). The molecule has 0 aliphatic heterocycles. The van der Waals surface area contributed by atoms with E-state index in [1.54, 1.807) is 17.7 Å². The first-order chi connectivity index (χ1) is 14.7. The Hall–Kier alpha value is -2.77. The molecule has 0 radical (unpaired) electrons. The molecule has 0 fully saturated rings. The van der Waals surface area contributed by atoms with Crippen LogP contribution in [0.25, 0.3) is 27.3 Å². The van der Waals surface area contributed by atoms with Gasteiger partial charge in [0.1, 0.15) is 23.5 Å². The van der Waals surface area contributed by atoms with Crippen LogP contribution in [0.1, 0.15) is 22.4 Å². The van der Waals surface area contributed by atoms with E-state index in [-0.39, 0.29) is 0 Å². The average molecular weight is 477 g/mol. The monoisotopic (exact) mass is 476 g/mol. The summed E-state index contributed by atoms with van der Waals surface area (Å²) in [6.07, 6.45) is 5.27. The number of fused-ring (bicyclic) bond motifs is 5. The Kier molecular flexibility index (Phi) is 4.32. The molecule has 3 heterocycles. The lowest BCUT2D eigenvalue weighted by Gasteiger charge is -2.07. The lowest BCUT2D eigenvalue weighted by Crippen LogP contribution is -1.96. The molecule has 0 saturated carbocycles. The van der Waals surface area contributed by atoms with Gasteiger partial charge in [0.05, 0.1) is 5.39 Å². The van der Waals surface area contributed by atoms with E-state index in [2.05, 4.69) is 33.0 Å². The van der Waals surface area contributed by atoms with Crippen LogP contribution in [0.15, 0.2) is 59.3 Å². The van der Waals surface area contributed by atoms with Crippen LogP contribution < -0.4 is 4.74 Å². The first-order valence-corrected chi connectivity index (χ1v) is 11.5. The second-order valence-corrected chi connectivity index (χ2v) is 9.43. The number of benzene rings is 2. The minimum absolute atomic E-state index is 0.488. The Morgan fingerprint density at radius 2 is 2.03 bits per heavy atom. The number of hydrogen-bond donors (Lipinski definition) is 0. The smallest absolute Gasteiger partial charge is 0.182 e. The summed E-state index contributed by atoms with van der Waals surface area (Å²) in [4.78, 5) is 12.1. The highest BCUT2D eigenvalue weighted by atomic mass is 79.9. The number of nitrogens with zero attached hydrogens (tertiary/aromatic N) is 4. The van der Waals surface area contributed by atoms with Gasteiger partial charge in [0.15, 0.2) is 11.5 Å². The maximum atomic E-state index is 5.94. The number of aromatic nitrogens is 4. The largest absolute Gasteiger partial charge is 0.489 e. The summed E-state index contributed by atoms with van der Waals surface area (Å²) in [6.45, 7) is 0.488. The fourth-order valence-electron chi connectivity index (χ4n) is 4.04. The van der Waals surface area contributed by atoms with E-state index < -0.39 is 0 Å². The summed E-state index contributed by atoms with van der Waals surface area (Å²) in [6, 6.07) is 16.1. The maximum absolute atomic E-state index is 5.94. The SMILES string of the molecule is Brc1cccc(OCc2cccc(-c3nc4c5c6c(sc5ncn4n3)CCC6)c2)c1. The number of halogens is 1. The van der Waals surface area contributed by atoms with Crippen molar-refractivity contribution >= 4 is 43.1 Å². The van der Waals surface area contributed by atoms with E-state index in [4.69, 9.17) is 14.8 Å². The minimum atomic E-state index is 0.488. The first-order valence-electron chi connectivity index (χ1n) is 9.88. The standard InChI is InChI=1S/C23H17BrN4OS/c24-16-6-2-7-17(11-16)29-12-14-4-1-5-15(10-14)21-26-22-20-18-8-3-9-19(18)30-23(20)25-13-28(22)27-21/h1-2,4-7,10-11,13H,3,8-9,12H2. The molecule has 0 unspecified atom stereocenters. The van der Waals surface area contributed by atoms with Crippen LogP contribution in [0, 0.1) is 0 Å². The molecule has 0 amide bonds. The Morgan fingerprint density at radius 3 is 2.97 bits per heavy atom. The van der Waals surface area contributed by atoms with Gasteiger partial charge >= 0.3 is 0 Å². The molecule has 5 aromatic rings. The molecule has 148 valence electrons. The van der Waals surface area contributed by atoms with E-state index in [1.807, 2.05) is 40.9 Å². The molecular formula is C23H17BrN4OS. The van der Waals surface area contributed by atoms with Gasteiger partial charge in [0, 0.05) is 14.9 Å². The van der Waals surface area contributed by atoms with Crippen LogP contribution in [-0.2, 0) is 19.4 Å². The van der Waals surface area contributed by atoms with Crippen LogP contribution in [0.4, 0.5) is 0 Å². The third-order valence-electron chi connectivity index (χ3n) is 5.43. The van der Waals surface area contributed by atoms with Gasteiger partial charge in [-0.3, -0.25) is 0 Å². The number of hydrogen-bond acceptors (Lipinski definition) is 5. The summed E-state index contributed by atoms with van der Waals surface area (Å²) >= 11 is 5.28. The molecule has 0 bridgehead atoms. The van der Waals surface area contributed by atoms with E-state index in [1.165, 1.54) is 22.2 Å². The third kappa shape index (κ3) is 3.09. The van der Waals surface area contributed by atoms with Gasteiger partial charge in [-0.05, 0) is 54.7 Å². The van der Waals surface area contributed by atoms with Crippen molar-refractivity contribution in [3.63, 3.8) is 0 Å². The van der Waals surface area contributed by atoms with Gasteiger partial charge in [-0.2, -0.15) is 0 Å². The molecule has 0 saturated heterocycles. The van der Waals surface area contributed by atoms with E-state index in [0.29, 0.717) is 12.4 Å². The number of thiophene rings is 1. The van der Waals surface area contributed by atoms with Crippen LogP contribution in [0.2, 0.25) is 0 Å². The van der Waals surface area contributed by atoms with Gasteiger partial charge in [-0.15, -0.1) is 16.4 Å². The van der Waals surface area contributed by atoms with Gasteiger partial charge < -0.3 is 4.74 Å². The molecule has 7 heteroatoms. The molecule has 2 aromatic carbocycles. The highest BCUT2D eigenvalue weighted by molar-refractivity contribution is 9.10. The zero-order valence-corrected chi connectivity index (χ0v) is 18.4. The number of ether oxygens (including phenoxy) is 1. The molecular weight excluding hydrogens is 460 g/mol.